The normalized spacial score (nSPS) is 22.4. The summed E-state index contributed by atoms with van der Waals surface area (Å²) in [5, 5.41) is 3.51. The van der Waals surface area contributed by atoms with E-state index in [0.717, 1.165) is 37.2 Å². The van der Waals surface area contributed by atoms with Crippen molar-refractivity contribution in [2.24, 2.45) is 23.5 Å². The summed E-state index contributed by atoms with van der Waals surface area (Å²) in [6.45, 7) is 7.70. The molecule has 2 aromatic rings. The van der Waals surface area contributed by atoms with Gasteiger partial charge < -0.3 is 11.1 Å². The maximum absolute atomic E-state index is 12.6. The lowest BCUT2D eigenvalue weighted by Gasteiger charge is -2.38. The molecular weight excluding hydrogens is 472 g/mol. The molecule has 1 fully saturated rings. The first-order chi connectivity index (χ1) is 16.1. The molecule has 2 amide bonds. The van der Waals surface area contributed by atoms with E-state index >= 15 is 0 Å². The van der Waals surface area contributed by atoms with Crippen molar-refractivity contribution in [3.05, 3.63) is 40.4 Å². The maximum atomic E-state index is 12.6. The van der Waals surface area contributed by atoms with Crippen molar-refractivity contribution >= 4 is 38.1 Å². The van der Waals surface area contributed by atoms with E-state index in [2.05, 4.69) is 24.1 Å². The monoisotopic (exact) mass is 504 g/mol. The number of primary amides is 1. The molecule has 184 valence electrons. The molecule has 1 unspecified atom stereocenters. The Balaban J connectivity index is 1.36. The Kier molecular flexibility index (Phi) is 7.12. The van der Waals surface area contributed by atoms with Crippen molar-refractivity contribution in [1.29, 1.82) is 0 Å². The zero-order valence-electron chi connectivity index (χ0n) is 19.8. The minimum absolute atomic E-state index is 0.0198. The fourth-order valence-electron chi connectivity index (χ4n) is 4.91. The lowest BCUT2D eigenvalue weighted by Crippen LogP contribution is -2.41. The van der Waals surface area contributed by atoms with Crippen LogP contribution in [0.2, 0.25) is 0 Å². The van der Waals surface area contributed by atoms with E-state index in [1.54, 1.807) is 31.2 Å². The van der Waals surface area contributed by atoms with Crippen LogP contribution < -0.4 is 11.1 Å². The molecule has 3 N–H and O–H groups in total. The standard InChI is InChI=1S/C24H32N4O4S2/c1-4-34(31,32)18-7-5-15(6-8-18)11-20(29)26-24-27-21-19(33-24)13-28(22(21)14(2)3)12-16-9-17(10-16)23(25)30/h5-8,14,16-17,22H,4,9-13H2,1-3H3,(H2,25,30)(H,26,27,29)/t16-,17-,22?. The van der Waals surface area contributed by atoms with Gasteiger partial charge in [0.05, 0.1) is 28.8 Å². The molecule has 0 saturated heterocycles. The molecule has 0 spiro atoms. The van der Waals surface area contributed by atoms with Gasteiger partial charge in [0.25, 0.3) is 0 Å². The van der Waals surface area contributed by atoms with E-state index in [9.17, 15) is 18.0 Å². The van der Waals surface area contributed by atoms with Gasteiger partial charge in [-0.2, -0.15) is 0 Å². The van der Waals surface area contributed by atoms with E-state index in [1.165, 1.54) is 16.2 Å². The van der Waals surface area contributed by atoms with Gasteiger partial charge in [-0.1, -0.05) is 32.9 Å². The van der Waals surface area contributed by atoms with Crippen molar-refractivity contribution in [3.8, 4) is 0 Å². The van der Waals surface area contributed by atoms with Gasteiger partial charge in [-0.25, -0.2) is 13.4 Å². The van der Waals surface area contributed by atoms with Crippen LogP contribution in [0, 0.1) is 17.8 Å². The number of carbonyl (C=O) groups is 2. The van der Waals surface area contributed by atoms with Gasteiger partial charge in [-0.05, 0) is 42.4 Å². The second kappa shape index (κ2) is 9.75. The summed E-state index contributed by atoms with van der Waals surface area (Å²) in [6, 6.07) is 6.65. The van der Waals surface area contributed by atoms with Gasteiger partial charge in [-0.3, -0.25) is 14.5 Å². The summed E-state index contributed by atoms with van der Waals surface area (Å²) in [5.74, 6) is 0.559. The van der Waals surface area contributed by atoms with Gasteiger partial charge in [0, 0.05) is 23.9 Å². The Morgan fingerprint density at radius 2 is 1.91 bits per heavy atom. The molecule has 8 nitrogen and oxygen atoms in total. The maximum Gasteiger partial charge on any atom is 0.230 e. The quantitative estimate of drug-likeness (QED) is 0.541. The number of hydrogen-bond acceptors (Lipinski definition) is 7. The molecule has 2 aliphatic rings. The van der Waals surface area contributed by atoms with Crippen LogP contribution in [-0.2, 0) is 32.4 Å². The Morgan fingerprint density at radius 1 is 1.24 bits per heavy atom. The lowest BCUT2D eigenvalue weighted by molar-refractivity contribution is -0.126. The van der Waals surface area contributed by atoms with E-state index in [1.807, 2.05) is 0 Å². The number of rotatable bonds is 9. The van der Waals surface area contributed by atoms with E-state index in [4.69, 9.17) is 10.7 Å². The number of aromatic nitrogens is 1. The topological polar surface area (TPSA) is 122 Å². The highest BCUT2D eigenvalue weighted by Gasteiger charge is 2.40. The summed E-state index contributed by atoms with van der Waals surface area (Å²) in [7, 11) is -3.25. The Hall–Kier alpha value is -2.30. The number of amides is 2. The second-order valence-corrected chi connectivity index (χ2v) is 13.0. The number of benzene rings is 1. The molecule has 2 heterocycles. The lowest BCUT2D eigenvalue weighted by atomic mass is 9.74. The number of nitrogens with one attached hydrogen (secondary N) is 1. The molecule has 0 radical (unpaired) electrons. The van der Waals surface area contributed by atoms with Gasteiger partial charge >= 0.3 is 0 Å². The minimum Gasteiger partial charge on any atom is -0.369 e. The van der Waals surface area contributed by atoms with Gasteiger partial charge in [0.1, 0.15) is 0 Å². The van der Waals surface area contributed by atoms with Crippen LogP contribution in [0.15, 0.2) is 29.2 Å². The summed E-state index contributed by atoms with van der Waals surface area (Å²) in [5.41, 5.74) is 7.20. The predicted octanol–water partition coefficient (Wildman–Crippen LogP) is 3.14. The molecule has 1 aliphatic carbocycles. The summed E-state index contributed by atoms with van der Waals surface area (Å²) < 4.78 is 23.9. The number of nitrogens with two attached hydrogens (primary N) is 1. The highest BCUT2D eigenvalue weighted by molar-refractivity contribution is 7.91. The second-order valence-electron chi connectivity index (χ2n) is 9.65. The number of anilines is 1. The highest BCUT2D eigenvalue weighted by Crippen LogP contribution is 2.44. The first kappa shape index (κ1) is 24.8. The first-order valence-electron chi connectivity index (χ1n) is 11.7. The average Bonchev–Trinajstić information content (AvgIpc) is 3.26. The third-order valence-electron chi connectivity index (χ3n) is 6.78. The molecule has 10 heteroatoms. The van der Waals surface area contributed by atoms with Crippen LogP contribution in [0.4, 0.5) is 5.13 Å². The third kappa shape index (κ3) is 5.18. The zero-order chi connectivity index (χ0) is 24.6. The van der Waals surface area contributed by atoms with Gasteiger partial charge in [0.15, 0.2) is 15.0 Å². The van der Waals surface area contributed by atoms with Crippen molar-refractivity contribution < 1.29 is 18.0 Å². The fraction of sp³-hybridized carbons (Fsp3) is 0.542. The van der Waals surface area contributed by atoms with Crippen molar-refractivity contribution in [2.45, 2.75) is 57.5 Å². The SMILES string of the molecule is CCS(=O)(=O)c1ccc(CC(=O)Nc2nc3c(s2)CN(C[C@H]2C[C@H](C(N)=O)C2)C3C(C)C)cc1. The highest BCUT2D eigenvalue weighted by atomic mass is 32.2. The number of carbonyl (C=O) groups excluding carboxylic acids is 2. The molecule has 0 bridgehead atoms. The number of nitrogens with zero attached hydrogens (tertiary/aromatic N) is 2. The molecule has 1 atom stereocenters. The van der Waals surface area contributed by atoms with Crippen LogP contribution in [0.25, 0.3) is 0 Å². The van der Waals surface area contributed by atoms with Crippen LogP contribution in [-0.4, -0.2) is 42.4 Å². The Bertz CT molecular complexity index is 1170. The number of hydrogen-bond donors (Lipinski definition) is 2. The first-order valence-corrected chi connectivity index (χ1v) is 14.2. The molecule has 1 aromatic carbocycles. The van der Waals surface area contributed by atoms with Crippen LogP contribution in [0.3, 0.4) is 0 Å². The van der Waals surface area contributed by atoms with Crippen molar-refractivity contribution in [1.82, 2.24) is 9.88 Å². The average molecular weight is 505 g/mol. The van der Waals surface area contributed by atoms with Gasteiger partial charge in [0.2, 0.25) is 11.8 Å². The summed E-state index contributed by atoms with van der Waals surface area (Å²) in [6.07, 6.45) is 1.88. The number of sulfone groups is 1. The third-order valence-corrected chi connectivity index (χ3v) is 9.51. The molecule has 1 aromatic heterocycles. The Labute approximate surface area is 204 Å². The van der Waals surface area contributed by atoms with Crippen LogP contribution in [0.1, 0.15) is 55.8 Å². The molecule has 1 saturated carbocycles. The fourth-order valence-corrected chi connectivity index (χ4v) is 6.84. The Morgan fingerprint density at radius 3 is 2.50 bits per heavy atom. The zero-order valence-corrected chi connectivity index (χ0v) is 21.4. The number of thiazole rings is 1. The summed E-state index contributed by atoms with van der Waals surface area (Å²) in [4.78, 5) is 32.6. The van der Waals surface area contributed by atoms with E-state index in [-0.39, 0.29) is 40.8 Å². The van der Waals surface area contributed by atoms with Crippen molar-refractivity contribution in [3.63, 3.8) is 0 Å². The van der Waals surface area contributed by atoms with Crippen LogP contribution >= 0.6 is 11.3 Å². The van der Waals surface area contributed by atoms with E-state index < -0.39 is 9.84 Å². The smallest absolute Gasteiger partial charge is 0.230 e. The largest absolute Gasteiger partial charge is 0.369 e. The molecule has 34 heavy (non-hydrogen) atoms. The van der Waals surface area contributed by atoms with Crippen molar-refractivity contribution in [2.75, 3.05) is 17.6 Å². The molecule has 4 rings (SSSR count). The molecular formula is C24H32N4O4S2. The summed E-state index contributed by atoms with van der Waals surface area (Å²) >= 11 is 1.51. The van der Waals surface area contributed by atoms with E-state index in [0.29, 0.717) is 17.0 Å². The minimum atomic E-state index is -3.25. The predicted molar refractivity (Wildman–Crippen MR) is 132 cm³/mol. The number of fused-ring (bicyclic) bond motifs is 1. The molecule has 1 aliphatic heterocycles. The van der Waals surface area contributed by atoms with Crippen LogP contribution in [0.5, 0.6) is 0 Å². The van der Waals surface area contributed by atoms with Gasteiger partial charge in [-0.15, -0.1) is 11.3 Å².